The van der Waals surface area contributed by atoms with Gasteiger partial charge in [-0.15, -0.1) is 0 Å². The molecule has 0 aromatic heterocycles. The molecule has 0 aliphatic heterocycles. The van der Waals surface area contributed by atoms with Crippen molar-refractivity contribution in [3.05, 3.63) is 0 Å². The van der Waals surface area contributed by atoms with E-state index in [9.17, 15) is 24.3 Å². The predicted octanol–water partition coefficient (Wildman–Crippen LogP) is -3.53. The molecule has 0 rings (SSSR count). The van der Waals surface area contributed by atoms with Crippen LogP contribution in [0.1, 0.15) is 19.8 Å². The fourth-order valence-electron chi connectivity index (χ4n) is 1.40. The summed E-state index contributed by atoms with van der Waals surface area (Å²) in [5.41, 5.74) is 0. The van der Waals surface area contributed by atoms with E-state index >= 15 is 0 Å². The Morgan fingerprint density at radius 1 is 1.04 bits per heavy atom. The third-order valence-electron chi connectivity index (χ3n) is 2.46. The normalized spacial score (nSPS) is 14.4. The van der Waals surface area contributed by atoms with Crippen molar-refractivity contribution in [3.8, 4) is 0 Å². The zero-order valence-electron chi connectivity index (χ0n) is 14.5. The van der Waals surface area contributed by atoms with Gasteiger partial charge in [0.15, 0.2) is 12.2 Å². The molecule has 0 bridgehead atoms. The maximum absolute atomic E-state index is 10.7. The molecular weight excluding hydrogens is 342 g/mol. The van der Waals surface area contributed by atoms with Crippen molar-refractivity contribution in [3.63, 3.8) is 0 Å². The minimum atomic E-state index is -2.30. The number of hydrogen-bond acceptors (Lipinski definition) is 9. The van der Waals surface area contributed by atoms with Crippen LogP contribution in [-0.4, -0.2) is 94.8 Å². The zero-order chi connectivity index (χ0) is 20.4. The summed E-state index contributed by atoms with van der Waals surface area (Å²) in [5, 5.41) is 44.9. The van der Waals surface area contributed by atoms with Crippen molar-refractivity contribution in [1.29, 1.82) is 0 Å². The molecular formula is C14H25NO10. The molecule has 0 amide bonds. The van der Waals surface area contributed by atoms with Gasteiger partial charge in [-0.1, -0.05) is 6.92 Å². The predicted molar refractivity (Wildman–Crippen MR) is 79.6 cm³/mol. The lowest BCUT2D eigenvalue weighted by Gasteiger charge is -2.26. The Bertz CT molecular complexity index is 471. The van der Waals surface area contributed by atoms with Gasteiger partial charge >= 0.3 is 17.9 Å². The number of esters is 2. The first kappa shape index (κ1) is 25.2. The summed E-state index contributed by atoms with van der Waals surface area (Å²) in [6, 6.07) is 0. The van der Waals surface area contributed by atoms with E-state index in [4.69, 9.17) is 20.4 Å². The van der Waals surface area contributed by atoms with Crippen LogP contribution in [0.25, 0.3) is 0 Å². The van der Waals surface area contributed by atoms with E-state index in [-0.39, 0.29) is 12.8 Å². The average molecular weight is 367 g/mol. The van der Waals surface area contributed by atoms with Crippen LogP contribution in [0.2, 0.25) is 0 Å². The highest BCUT2D eigenvalue weighted by Crippen LogP contribution is 1.99. The molecule has 11 heteroatoms. The monoisotopic (exact) mass is 367 g/mol. The summed E-state index contributed by atoms with van der Waals surface area (Å²) in [6.07, 6.45) is -5.74. The van der Waals surface area contributed by atoms with Gasteiger partial charge in [0.1, 0.15) is 12.6 Å². The highest BCUT2D eigenvalue weighted by molar-refractivity contribution is 5.91. The lowest BCUT2D eigenvalue weighted by Crippen LogP contribution is -2.43. The van der Waals surface area contributed by atoms with Crippen molar-refractivity contribution < 1.29 is 53.9 Å². The van der Waals surface area contributed by atoms with Crippen LogP contribution in [0.3, 0.4) is 0 Å². The van der Waals surface area contributed by atoms with Gasteiger partial charge < -0.3 is 39.5 Å². The molecule has 0 saturated carbocycles. The van der Waals surface area contributed by atoms with E-state index in [1.807, 2.05) is 21.1 Å². The molecule has 2 unspecified atom stereocenters. The lowest BCUT2D eigenvalue weighted by molar-refractivity contribution is -0.873. The molecule has 11 nitrogen and oxygen atoms in total. The fraction of sp³-hybridized carbons (Fsp3) is 0.714. The van der Waals surface area contributed by atoms with E-state index in [2.05, 4.69) is 4.74 Å². The number of aliphatic carboxylic acids is 2. The van der Waals surface area contributed by atoms with Crippen molar-refractivity contribution in [2.75, 3.05) is 27.7 Å². The summed E-state index contributed by atoms with van der Waals surface area (Å²) < 4.78 is 4.53. The molecule has 0 aromatic carbocycles. The van der Waals surface area contributed by atoms with Crippen molar-refractivity contribution in [1.82, 2.24) is 0 Å². The van der Waals surface area contributed by atoms with E-state index < -0.39 is 42.2 Å². The van der Waals surface area contributed by atoms with E-state index in [1.54, 1.807) is 0 Å². The molecule has 25 heavy (non-hydrogen) atoms. The van der Waals surface area contributed by atoms with Gasteiger partial charge in [0.05, 0.1) is 21.1 Å². The molecule has 0 radical (unpaired) electrons. The first-order valence-corrected chi connectivity index (χ1v) is 7.23. The second kappa shape index (κ2) is 11.5. The zero-order valence-corrected chi connectivity index (χ0v) is 14.5. The number of aliphatic hydroxyl groups excluding tert-OH is 3. The molecule has 0 aliphatic carbocycles. The quantitative estimate of drug-likeness (QED) is 0.190. The van der Waals surface area contributed by atoms with Gasteiger partial charge in [-0.05, 0) is 0 Å². The first-order chi connectivity index (χ1) is 11.2. The third kappa shape index (κ3) is 14.0. The van der Waals surface area contributed by atoms with Crippen molar-refractivity contribution in [2.24, 2.45) is 0 Å². The highest BCUT2D eigenvalue weighted by Gasteiger charge is 2.32. The second-order valence-corrected chi connectivity index (χ2v) is 6.08. The number of carbonyl (C=O) groups excluding carboxylic acids is 3. The fourth-order valence-corrected chi connectivity index (χ4v) is 1.40. The molecule has 0 saturated heterocycles. The number of carboxylic acid groups (broad SMARTS) is 2. The van der Waals surface area contributed by atoms with Gasteiger partial charge in [-0.3, -0.25) is 4.79 Å². The van der Waals surface area contributed by atoms with Crippen molar-refractivity contribution in [2.45, 2.75) is 38.1 Å². The minimum Gasteiger partial charge on any atom is -0.550 e. The third-order valence-corrected chi connectivity index (χ3v) is 2.46. The lowest BCUT2D eigenvalue weighted by atomic mass is 10.2. The van der Waals surface area contributed by atoms with Gasteiger partial charge in [-0.2, -0.15) is 0 Å². The van der Waals surface area contributed by atoms with Crippen LogP contribution < -0.4 is 5.11 Å². The SMILES string of the molecule is CCC(=O)OC(=O)C(O)C(O)C(=O)O.C[N+](C)(C)C[C@H](O)CC(=O)[O-]. The van der Waals surface area contributed by atoms with Crippen LogP contribution in [-0.2, 0) is 23.9 Å². The van der Waals surface area contributed by atoms with Gasteiger partial charge in [0.2, 0.25) is 0 Å². The Balaban J connectivity index is 0. The Hall–Kier alpha value is -2.08. The van der Waals surface area contributed by atoms with E-state index in [0.29, 0.717) is 11.0 Å². The maximum atomic E-state index is 10.7. The summed E-state index contributed by atoms with van der Waals surface area (Å²) in [6.45, 7) is 1.84. The van der Waals surface area contributed by atoms with Crippen LogP contribution in [0.5, 0.6) is 0 Å². The molecule has 0 fully saturated rings. The number of ether oxygens (including phenoxy) is 1. The first-order valence-electron chi connectivity index (χ1n) is 7.23. The molecule has 0 aliphatic rings. The molecule has 0 spiro atoms. The van der Waals surface area contributed by atoms with Crippen LogP contribution >= 0.6 is 0 Å². The number of nitrogens with zero attached hydrogens (tertiary/aromatic N) is 1. The maximum Gasteiger partial charge on any atom is 0.346 e. The Morgan fingerprint density at radius 2 is 1.52 bits per heavy atom. The van der Waals surface area contributed by atoms with Gasteiger partial charge in [0, 0.05) is 18.8 Å². The van der Waals surface area contributed by atoms with E-state index in [0.717, 1.165) is 0 Å². The average Bonchev–Trinajstić information content (AvgIpc) is 2.42. The second-order valence-electron chi connectivity index (χ2n) is 6.08. The number of carbonyl (C=O) groups is 4. The number of rotatable bonds is 8. The molecule has 4 N–H and O–H groups in total. The summed E-state index contributed by atoms with van der Waals surface area (Å²) in [4.78, 5) is 41.4. The Kier molecular flexibility index (Phi) is 11.5. The van der Waals surface area contributed by atoms with E-state index in [1.165, 1.54) is 6.92 Å². The number of aliphatic hydroxyl groups is 3. The topological polar surface area (TPSA) is 181 Å². The summed E-state index contributed by atoms with van der Waals surface area (Å²) in [7, 11) is 5.66. The van der Waals surface area contributed by atoms with Crippen molar-refractivity contribution >= 4 is 23.9 Å². The number of likely N-dealkylation sites (N-methyl/N-ethyl adjacent to an activating group) is 1. The standard InChI is InChI=1S/C7H15NO3.C7H10O7/c1-8(2,3)5-6(9)4-7(10)11;1-2-3(8)14-7(13)5(10)4(9)6(11)12/h6,9H,4-5H2,1-3H3;4-5,9-10H,2H2,1H3,(H,11,12)/t6-;/m1./s1. The number of carboxylic acids is 2. The largest absolute Gasteiger partial charge is 0.550 e. The number of quaternary nitrogens is 1. The van der Waals surface area contributed by atoms with Gasteiger partial charge in [0.25, 0.3) is 0 Å². The van der Waals surface area contributed by atoms with Crippen LogP contribution in [0, 0.1) is 0 Å². The molecule has 146 valence electrons. The molecule has 0 aromatic rings. The Labute approximate surface area is 144 Å². The summed E-state index contributed by atoms with van der Waals surface area (Å²) >= 11 is 0. The number of hydrogen-bond donors (Lipinski definition) is 4. The summed E-state index contributed by atoms with van der Waals surface area (Å²) in [5.74, 6) is -5.37. The van der Waals surface area contributed by atoms with Gasteiger partial charge in [-0.25, -0.2) is 9.59 Å². The minimum absolute atomic E-state index is 0.0956. The van der Waals surface area contributed by atoms with Crippen LogP contribution in [0.4, 0.5) is 0 Å². The molecule has 3 atom stereocenters. The Morgan fingerprint density at radius 3 is 1.84 bits per heavy atom. The molecule has 0 heterocycles. The van der Waals surface area contributed by atoms with Crippen LogP contribution in [0.15, 0.2) is 0 Å². The highest BCUT2D eigenvalue weighted by atomic mass is 16.6. The smallest absolute Gasteiger partial charge is 0.346 e.